The summed E-state index contributed by atoms with van der Waals surface area (Å²) < 4.78 is 19.2. The summed E-state index contributed by atoms with van der Waals surface area (Å²) in [6, 6.07) is 12.9. The van der Waals surface area contributed by atoms with Gasteiger partial charge in [-0.25, -0.2) is 9.18 Å². The average molecular weight is 471 g/mol. The lowest BCUT2D eigenvalue weighted by Crippen LogP contribution is -2.54. The largest absolute Gasteiger partial charge is 0.478 e. The maximum Gasteiger partial charge on any atom is 0.336 e. The summed E-state index contributed by atoms with van der Waals surface area (Å²) in [5.74, 6) is -2.91. The molecule has 2 heterocycles. The smallest absolute Gasteiger partial charge is 0.336 e. The highest BCUT2D eigenvalue weighted by molar-refractivity contribution is 7.80. The Labute approximate surface area is 190 Å². The number of hydrogen-bond donors (Lipinski definition) is 2. The van der Waals surface area contributed by atoms with Crippen molar-refractivity contribution in [1.82, 2.24) is 5.32 Å². The quantitative estimate of drug-likeness (QED) is 0.335. The number of amides is 2. The average Bonchev–Trinajstić information content (AvgIpc) is 3.22. The second-order valence-electron chi connectivity index (χ2n) is 6.61. The van der Waals surface area contributed by atoms with Gasteiger partial charge in [0, 0.05) is 5.56 Å². The number of thiocarbonyl (C=S) groups is 1. The van der Waals surface area contributed by atoms with Crippen LogP contribution in [-0.4, -0.2) is 28.0 Å². The molecule has 3 aromatic rings. The molecule has 0 radical (unpaired) electrons. The Morgan fingerprint density at radius 2 is 1.91 bits per heavy atom. The molecule has 1 fully saturated rings. The molecule has 2 amide bonds. The van der Waals surface area contributed by atoms with Crippen LogP contribution in [0.5, 0.6) is 0 Å². The number of anilines is 1. The van der Waals surface area contributed by atoms with E-state index in [1.807, 2.05) is 0 Å². The van der Waals surface area contributed by atoms with Gasteiger partial charge < -0.3 is 9.52 Å². The fourth-order valence-electron chi connectivity index (χ4n) is 3.12. The number of carboxylic acids is 1. The fraction of sp³-hybridized carbons (Fsp3) is 0. The molecule has 32 heavy (non-hydrogen) atoms. The molecule has 2 N–H and O–H groups in total. The molecule has 0 aliphatic carbocycles. The number of benzene rings is 2. The van der Waals surface area contributed by atoms with E-state index in [0.29, 0.717) is 5.56 Å². The molecule has 160 valence electrons. The number of carboxylic acid groups (broad SMARTS) is 1. The van der Waals surface area contributed by atoms with Gasteiger partial charge >= 0.3 is 5.97 Å². The van der Waals surface area contributed by atoms with Crippen LogP contribution in [0, 0.1) is 5.82 Å². The third-order valence-electron chi connectivity index (χ3n) is 4.60. The number of aromatic carboxylic acids is 1. The zero-order valence-electron chi connectivity index (χ0n) is 16.0. The van der Waals surface area contributed by atoms with E-state index in [4.69, 9.17) is 28.2 Å². The molecule has 2 aromatic carbocycles. The lowest BCUT2D eigenvalue weighted by molar-refractivity contribution is -0.122. The van der Waals surface area contributed by atoms with Crippen LogP contribution in [0.1, 0.15) is 16.1 Å². The molecule has 4 rings (SSSR count). The van der Waals surface area contributed by atoms with Crippen LogP contribution in [0.4, 0.5) is 10.1 Å². The minimum absolute atomic E-state index is 0.0391. The molecule has 1 aliphatic heterocycles. The molecule has 0 saturated carbocycles. The normalized spacial score (nSPS) is 15.2. The second-order valence-corrected chi connectivity index (χ2v) is 7.40. The molecule has 0 atom stereocenters. The molecular formula is C22H12ClFN2O5S. The van der Waals surface area contributed by atoms with Gasteiger partial charge in [0.25, 0.3) is 11.8 Å². The molecule has 10 heteroatoms. The number of halogens is 2. The van der Waals surface area contributed by atoms with Gasteiger partial charge in [0.1, 0.15) is 22.9 Å². The molecule has 1 saturated heterocycles. The van der Waals surface area contributed by atoms with Crippen molar-refractivity contribution in [3.05, 3.63) is 82.3 Å². The standard InChI is InChI=1S/C22H12ClFN2O5S/c23-16-9-11(5-7-17(16)24)26-20(28)15(19(27)25-22(26)32)10-12-6-8-18(31-12)13-3-1-2-4-14(13)21(29)30/h1-10H,(H,29,30)(H,25,27,32)/b15-10+. The lowest BCUT2D eigenvalue weighted by atomic mass is 10.1. The molecule has 1 aromatic heterocycles. The molecule has 0 unspecified atom stereocenters. The maximum atomic E-state index is 13.5. The van der Waals surface area contributed by atoms with Crippen LogP contribution in [-0.2, 0) is 9.59 Å². The highest BCUT2D eigenvalue weighted by Gasteiger charge is 2.35. The Morgan fingerprint density at radius 3 is 2.62 bits per heavy atom. The number of carbonyl (C=O) groups excluding carboxylic acids is 2. The van der Waals surface area contributed by atoms with E-state index in [0.717, 1.165) is 11.0 Å². The lowest BCUT2D eigenvalue weighted by Gasteiger charge is -2.28. The Bertz CT molecular complexity index is 1330. The van der Waals surface area contributed by atoms with Crippen molar-refractivity contribution in [3.8, 4) is 11.3 Å². The third-order valence-corrected chi connectivity index (χ3v) is 5.17. The fourth-order valence-corrected chi connectivity index (χ4v) is 3.57. The Balaban J connectivity index is 1.70. The number of furan rings is 1. The summed E-state index contributed by atoms with van der Waals surface area (Å²) in [6.07, 6.45) is 1.21. The van der Waals surface area contributed by atoms with Gasteiger partial charge in [-0.05, 0) is 54.7 Å². The highest BCUT2D eigenvalue weighted by atomic mass is 35.5. The maximum absolute atomic E-state index is 13.5. The van der Waals surface area contributed by atoms with Gasteiger partial charge in [0.15, 0.2) is 5.11 Å². The monoisotopic (exact) mass is 470 g/mol. The first-order valence-electron chi connectivity index (χ1n) is 9.05. The van der Waals surface area contributed by atoms with Crippen molar-refractivity contribution in [1.29, 1.82) is 0 Å². The minimum Gasteiger partial charge on any atom is -0.478 e. The van der Waals surface area contributed by atoms with Crippen molar-refractivity contribution in [2.24, 2.45) is 0 Å². The van der Waals surface area contributed by atoms with E-state index in [2.05, 4.69) is 5.32 Å². The molecule has 1 aliphatic rings. The van der Waals surface area contributed by atoms with Gasteiger partial charge in [0.2, 0.25) is 0 Å². The minimum atomic E-state index is -1.12. The number of nitrogens with one attached hydrogen (secondary N) is 1. The van der Waals surface area contributed by atoms with E-state index in [-0.39, 0.29) is 38.5 Å². The Hall–Kier alpha value is -3.82. The summed E-state index contributed by atoms with van der Waals surface area (Å²) >= 11 is 10.9. The first kappa shape index (κ1) is 21.4. The van der Waals surface area contributed by atoms with E-state index in [1.165, 1.54) is 36.4 Å². The summed E-state index contributed by atoms with van der Waals surface area (Å²) in [5, 5.41) is 11.4. The van der Waals surface area contributed by atoms with Crippen molar-refractivity contribution < 1.29 is 28.3 Å². The van der Waals surface area contributed by atoms with Crippen LogP contribution >= 0.6 is 23.8 Å². The van der Waals surface area contributed by atoms with E-state index in [9.17, 15) is 23.9 Å². The van der Waals surface area contributed by atoms with Crippen molar-refractivity contribution >= 4 is 58.5 Å². The molecular weight excluding hydrogens is 459 g/mol. The number of nitrogens with zero attached hydrogens (tertiary/aromatic N) is 1. The van der Waals surface area contributed by atoms with E-state index >= 15 is 0 Å². The summed E-state index contributed by atoms with van der Waals surface area (Å²) in [4.78, 5) is 37.9. The Morgan fingerprint density at radius 1 is 1.16 bits per heavy atom. The van der Waals surface area contributed by atoms with Crippen LogP contribution in [0.25, 0.3) is 17.4 Å². The van der Waals surface area contributed by atoms with Crippen LogP contribution < -0.4 is 10.2 Å². The predicted molar refractivity (Wildman–Crippen MR) is 119 cm³/mol. The summed E-state index contributed by atoms with van der Waals surface area (Å²) in [5.41, 5.74) is 0.268. The van der Waals surface area contributed by atoms with Gasteiger partial charge in [-0.1, -0.05) is 29.8 Å². The first-order chi connectivity index (χ1) is 15.3. The third kappa shape index (κ3) is 3.91. The van der Waals surface area contributed by atoms with Crippen molar-refractivity contribution in [2.45, 2.75) is 0 Å². The summed E-state index contributed by atoms with van der Waals surface area (Å²) in [6.45, 7) is 0. The van der Waals surface area contributed by atoms with Gasteiger partial charge in [0.05, 0.1) is 16.3 Å². The number of hydrogen-bond acceptors (Lipinski definition) is 5. The van der Waals surface area contributed by atoms with E-state index < -0.39 is 23.6 Å². The molecule has 0 spiro atoms. The highest BCUT2D eigenvalue weighted by Crippen LogP contribution is 2.29. The van der Waals surface area contributed by atoms with Gasteiger partial charge in [-0.3, -0.25) is 19.8 Å². The molecule has 7 nitrogen and oxygen atoms in total. The predicted octanol–water partition coefficient (Wildman–Crippen LogP) is 4.27. The number of rotatable bonds is 4. The Kier molecular flexibility index (Phi) is 5.60. The molecule has 0 bridgehead atoms. The van der Waals surface area contributed by atoms with Crippen LogP contribution in [0.3, 0.4) is 0 Å². The van der Waals surface area contributed by atoms with Gasteiger partial charge in [-0.15, -0.1) is 0 Å². The zero-order chi connectivity index (χ0) is 23.0. The van der Waals surface area contributed by atoms with Crippen LogP contribution in [0.15, 0.2) is 64.6 Å². The van der Waals surface area contributed by atoms with Crippen molar-refractivity contribution in [3.63, 3.8) is 0 Å². The topological polar surface area (TPSA) is 99.9 Å². The van der Waals surface area contributed by atoms with Crippen LogP contribution in [0.2, 0.25) is 5.02 Å². The number of carbonyl (C=O) groups is 3. The van der Waals surface area contributed by atoms with Gasteiger partial charge in [-0.2, -0.15) is 0 Å². The zero-order valence-corrected chi connectivity index (χ0v) is 17.5. The van der Waals surface area contributed by atoms with E-state index in [1.54, 1.807) is 18.2 Å². The second kappa shape index (κ2) is 8.37. The SMILES string of the molecule is O=C1NC(=S)N(c2ccc(F)c(Cl)c2)C(=O)/C1=C/c1ccc(-c2ccccc2C(=O)O)o1. The first-order valence-corrected chi connectivity index (χ1v) is 9.84. The summed E-state index contributed by atoms with van der Waals surface area (Å²) in [7, 11) is 0. The van der Waals surface area contributed by atoms with Crippen molar-refractivity contribution in [2.75, 3.05) is 4.90 Å².